The van der Waals surface area contributed by atoms with E-state index in [1.165, 1.54) is 35.3 Å². The SMILES string of the molecule is Cc1ccc(CC(CCCOc2ccc(CN3CC(C)C3)cc2)c2cccc(Cl)c2F)cc1C. The molecule has 1 saturated heterocycles. The first-order chi connectivity index (χ1) is 16.4. The average molecular weight is 480 g/mol. The van der Waals surface area contributed by atoms with Crippen LogP contribution in [0.5, 0.6) is 5.75 Å². The molecule has 0 radical (unpaired) electrons. The molecule has 1 heterocycles. The van der Waals surface area contributed by atoms with E-state index in [0.717, 1.165) is 37.5 Å². The summed E-state index contributed by atoms with van der Waals surface area (Å²) in [5, 5.41) is 0.187. The van der Waals surface area contributed by atoms with Crippen LogP contribution in [0.4, 0.5) is 4.39 Å². The molecule has 1 aliphatic rings. The summed E-state index contributed by atoms with van der Waals surface area (Å²) in [6.07, 6.45) is 2.45. The zero-order valence-corrected chi connectivity index (χ0v) is 21.2. The van der Waals surface area contributed by atoms with Crippen LogP contribution >= 0.6 is 11.6 Å². The summed E-state index contributed by atoms with van der Waals surface area (Å²) in [6.45, 7) is 10.5. The Morgan fingerprint density at radius 1 is 1.00 bits per heavy atom. The summed E-state index contributed by atoms with van der Waals surface area (Å²) in [5.41, 5.74) is 5.77. The molecular weight excluding hydrogens is 445 g/mol. The van der Waals surface area contributed by atoms with Crippen LogP contribution < -0.4 is 4.74 Å². The maximum Gasteiger partial charge on any atom is 0.145 e. The highest BCUT2D eigenvalue weighted by Gasteiger charge is 2.22. The Balaban J connectivity index is 1.34. The molecule has 3 aromatic rings. The molecule has 1 atom stereocenters. The number of nitrogens with zero attached hydrogens (tertiary/aromatic N) is 1. The van der Waals surface area contributed by atoms with Gasteiger partial charge in [0.1, 0.15) is 11.6 Å². The Morgan fingerprint density at radius 3 is 2.44 bits per heavy atom. The van der Waals surface area contributed by atoms with Gasteiger partial charge in [-0.3, -0.25) is 4.90 Å². The third-order valence-corrected chi connectivity index (χ3v) is 7.20. The van der Waals surface area contributed by atoms with Crippen molar-refractivity contribution in [3.63, 3.8) is 0 Å². The normalized spacial score (nSPS) is 15.2. The van der Waals surface area contributed by atoms with Crippen LogP contribution in [0, 0.1) is 25.6 Å². The van der Waals surface area contributed by atoms with Crippen molar-refractivity contribution in [2.45, 2.75) is 52.5 Å². The highest BCUT2D eigenvalue weighted by molar-refractivity contribution is 6.30. The molecule has 4 rings (SSSR count). The Bertz CT molecular complexity index is 1090. The van der Waals surface area contributed by atoms with E-state index in [1.807, 2.05) is 12.1 Å². The van der Waals surface area contributed by atoms with Crippen molar-refractivity contribution in [3.8, 4) is 5.75 Å². The van der Waals surface area contributed by atoms with Crippen molar-refractivity contribution in [1.82, 2.24) is 4.90 Å². The number of aryl methyl sites for hydroxylation is 2. The second-order valence-corrected chi connectivity index (χ2v) is 10.3. The fraction of sp³-hybridized carbons (Fsp3) is 0.400. The summed E-state index contributed by atoms with van der Waals surface area (Å²) in [5.74, 6) is 1.46. The van der Waals surface area contributed by atoms with E-state index in [0.29, 0.717) is 12.2 Å². The van der Waals surface area contributed by atoms with Crippen LogP contribution in [0.3, 0.4) is 0 Å². The molecule has 0 saturated carbocycles. The average Bonchev–Trinajstić information content (AvgIpc) is 2.80. The molecule has 34 heavy (non-hydrogen) atoms. The molecule has 2 nitrogen and oxygen atoms in total. The van der Waals surface area contributed by atoms with Crippen molar-refractivity contribution in [1.29, 1.82) is 0 Å². The summed E-state index contributed by atoms with van der Waals surface area (Å²) in [4.78, 5) is 2.46. The van der Waals surface area contributed by atoms with Crippen molar-refractivity contribution in [3.05, 3.63) is 99.3 Å². The van der Waals surface area contributed by atoms with Gasteiger partial charge in [-0.15, -0.1) is 0 Å². The van der Waals surface area contributed by atoms with Crippen molar-refractivity contribution >= 4 is 11.6 Å². The van der Waals surface area contributed by atoms with Gasteiger partial charge in [-0.2, -0.15) is 0 Å². The monoisotopic (exact) mass is 479 g/mol. The van der Waals surface area contributed by atoms with Crippen LogP contribution in [-0.4, -0.2) is 24.6 Å². The van der Waals surface area contributed by atoms with Crippen LogP contribution in [-0.2, 0) is 13.0 Å². The van der Waals surface area contributed by atoms with Crippen LogP contribution in [0.15, 0.2) is 60.7 Å². The lowest BCUT2D eigenvalue weighted by Crippen LogP contribution is -2.44. The summed E-state index contributed by atoms with van der Waals surface area (Å²) in [7, 11) is 0. The fourth-order valence-electron chi connectivity index (χ4n) is 4.84. The third kappa shape index (κ3) is 6.40. The van der Waals surface area contributed by atoms with Gasteiger partial charge >= 0.3 is 0 Å². The molecule has 3 aromatic carbocycles. The predicted octanol–water partition coefficient (Wildman–Crippen LogP) is 7.73. The topological polar surface area (TPSA) is 12.5 Å². The Labute approximate surface area is 208 Å². The Morgan fingerprint density at radius 2 is 1.74 bits per heavy atom. The molecule has 0 spiro atoms. The Kier molecular flexibility index (Phi) is 8.28. The number of hydrogen-bond donors (Lipinski definition) is 0. The highest BCUT2D eigenvalue weighted by Crippen LogP contribution is 2.31. The summed E-state index contributed by atoms with van der Waals surface area (Å²) in [6, 6.07) is 20.3. The van der Waals surface area contributed by atoms with Gasteiger partial charge in [-0.05, 0) is 91.0 Å². The molecule has 0 amide bonds. The van der Waals surface area contributed by atoms with Crippen molar-refractivity contribution < 1.29 is 9.13 Å². The molecule has 0 bridgehead atoms. The van der Waals surface area contributed by atoms with Crippen LogP contribution in [0.2, 0.25) is 5.02 Å². The Hall–Kier alpha value is -2.36. The minimum atomic E-state index is -0.300. The maximum atomic E-state index is 14.9. The number of ether oxygens (including phenoxy) is 1. The van der Waals surface area contributed by atoms with Gasteiger partial charge in [0.25, 0.3) is 0 Å². The maximum absolute atomic E-state index is 14.9. The second kappa shape index (κ2) is 11.4. The van der Waals surface area contributed by atoms with E-state index in [4.69, 9.17) is 16.3 Å². The number of rotatable bonds is 10. The van der Waals surface area contributed by atoms with Gasteiger partial charge in [0.05, 0.1) is 11.6 Å². The molecular formula is C30H35ClFNO. The molecule has 1 fully saturated rings. The van der Waals surface area contributed by atoms with Gasteiger partial charge in [-0.1, -0.05) is 61.0 Å². The largest absolute Gasteiger partial charge is 0.494 e. The minimum absolute atomic E-state index is 0.0469. The third-order valence-electron chi connectivity index (χ3n) is 6.91. The standard InChI is InChI=1S/C30H35ClFNO/c1-21-18-33(19-21)20-24-11-13-27(14-12-24)34-15-5-6-26(28-7-4-8-29(31)30(28)32)17-25-10-9-22(2)23(3)16-25/h4,7-14,16,21,26H,5-6,15,17-20H2,1-3H3. The van der Waals surface area contributed by atoms with Gasteiger partial charge < -0.3 is 4.74 Å². The van der Waals surface area contributed by atoms with Gasteiger partial charge in [-0.25, -0.2) is 4.39 Å². The summed E-state index contributed by atoms with van der Waals surface area (Å²) < 4.78 is 20.9. The highest BCUT2D eigenvalue weighted by atomic mass is 35.5. The van der Waals surface area contributed by atoms with Crippen LogP contribution in [0.25, 0.3) is 0 Å². The van der Waals surface area contributed by atoms with E-state index in [1.54, 1.807) is 6.07 Å². The smallest absolute Gasteiger partial charge is 0.145 e. The lowest BCUT2D eigenvalue weighted by Gasteiger charge is -2.37. The minimum Gasteiger partial charge on any atom is -0.494 e. The molecule has 0 aromatic heterocycles. The number of hydrogen-bond acceptors (Lipinski definition) is 2. The van der Waals surface area contributed by atoms with Gasteiger partial charge in [0.15, 0.2) is 0 Å². The molecule has 1 aliphatic heterocycles. The van der Waals surface area contributed by atoms with E-state index in [9.17, 15) is 4.39 Å². The van der Waals surface area contributed by atoms with E-state index in [-0.39, 0.29) is 16.8 Å². The zero-order valence-electron chi connectivity index (χ0n) is 20.5. The first-order valence-corrected chi connectivity index (χ1v) is 12.7. The van der Waals surface area contributed by atoms with E-state index >= 15 is 0 Å². The quantitative estimate of drug-likeness (QED) is 0.276. The molecule has 4 heteroatoms. The van der Waals surface area contributed by atoms with Crippen molar-refractivity contribution in [2.75, 3.05) is 19.7 Å². The molecule has 1 unspecified atom stereocenters. The lowest BCUT2D eigenvalue weighted by molar-refractivity contribution is 0.105. The zero-order chi connectivity index (χ0) is 24.1. The van der Waals surface area contributed by atoms with Crippen LogP contribution in [0.1, 0.15) is 53.5 Å². The number of halogens is 2. The van der Waals surface area contributed by atoms with Crippen molar-refractivity contribution in [2.24, 2.45) is 5.92 Å². The lowest BCUT2D eigenvalue weighted by atomic mass is 9.87. The summed E-state index contributed by atoms with van der Waals surface area (Å²) >= 11 is 6.11. The molecule has 180 valence electrons. The first kappa shape index (κ1) is 24.8. The predicted molar refractivity (Wildman–Crippen MR) is 139 cm³/mol. The number of likely N-dealkylation sites (tertiary alicyclic amines) is 1. The first-order valence-electron chi connectivity index (χ1n) is 12.3. The fourth-order valence-corrected chi connectivity index (χ4v) is 5.03. The van der Waals surface area contributed by atoms with E-state index < -0.39 is 0 Å². The molecule has 0 aliphatic carbocycles. The van der Waals surface area contributed by atoms with Gasteiger partial charge in [0, 0.05) is 19.6 Å². The molecule has 0 N–H and O–H groups in total. The second-order valence-electron chi connectivity index (χ2n) is 9.90. The number of benzene rings is 3. The van der Waals surface area contributed by atoms with E-state index in [2.05, 4.69) is 68.1 Å². The van der Waals surface area contributed by atoms with Gasteiger partial charge in [0.2, 0.25) is 0 Å².